The van der Waals surface area contributed by atoms with Crippen LogP contribution in [0.4, 0.5) is 0 Å². The monoisotopic (exact) mass is 266 g/mol. The van der Waals surface area contributed by atoms with Crippen LogP contribution >= 0.6 is 11.6 Å². The molecule has 1 unspecified atom stereocenters. The molecule has 0 radical (unpaired) electrons. The van der Waals surface area contributed by atoms with Crippen LogP contribution in [0.2, 0.25) is 5.02 Å². The zero-order valence-electron chi connectivity index (χ0n) is 11.4. The van der Waals surface area contributed by atoms with Gasteiger partial charge in [0.1, 0.15) is 0 Å². The van der Waals surface area contributed by atoms with Gasteiger partial charge in [-0.25, -0.2) is 0 Å². The highest BCUT2D eigenvalue weighted by Gasteiger charge is 2.32. The minimum Gasteiger partial charge on any atom is -0.316 e. The van der Waals surface area contributed by atoms with E-state index in [0.29, 0.717) is 5.41 Å². The summed E-state index contributed by atoms with van der Waals surface area (Å²) in [5.41, 5.74) is 1.81. The largest absolute Gasteiger partial charge is 0.316 e. The zero-order valence-corrected chi connectivity index (χ0v) is 12.1. The van der Waals surface area contributed by atoms with E-state index in [4.69, 9.17) is 11.6 Å². The van der Waals surface area contributed by atoms with Crippen molar-refractivity contribution in [2.45, 2.75) is 26.3 Å². The number of benzene rings is 1. The average molecular weight is 267 g/mol. The maximum atomic E-state index is 5.91. The fourth-order valence-electron chi connectivity index (χ4n) is 2.87. The maximum absolute atomic E-state index is 5.91. The summed E-state index contributed by atoms with van der Waals surface area (Å²) in [4.78, 5) is 2.43. The second-order valence-electron chi connectivity index (χ2n) is 5.58. The van der Waals surface area contributed by atoms with E-state index in [9.17, 15) is 0 Å². The third kappa shape index (κ3) is 3.47. The molecule has 0 amide bonds. The summed E-state index contributed by atoms with van der Waals surface area (Å²) < 4.78 is 0. The van der Waals surface area contributed by atoms with E-state index >= 15 is 0 Å². The van der Waals surface area contributed by atoms with Crippen molar-refractivity contribution in [1.82, 2.24) is 10.2 Å². The Morgan fingerprint density at radius 2 is 2.06 bits per heavy atom. The first-order valence-electron chi connectivity index (χ1n) is 6.77. The van der Waals surface area contributed by atoms with Crippen molar-refractivity contribution >= 4 is 11.6 Å². The molecular weight excluding hydrogens is 244 g/mol. The summed E-state index contributed by atoms with van der Waals surface area (Å²) in [5, 5.41) is 4.31. The summed E-state index contributed by atoms with van der Waals surface area (Å²) in [5.74, 6) is 0. The van der Waals surface area contributed by atoms with E-state index in [2.05, 4.69) is 36.3 Å². The van der Waals surface area contributed by atoms with Gasteiger partial charge in [0.15, 0.2) is 0 Å². The standard InChI is InChI=1S/C15H23ClN2/c1-3-15(8-9-17-11-15)12-18(2)10-13-4-6-14(16)7-5-13/h4-7,17H,3,8-12H2,1-2H3. The van der Waals surface area contributed by atoms with E-state index < -0.39 is 0 Å². The fourth-order valence-corrected chi connectivity index (χ4v) is 3.00. The van der Waals surface area contributed by atoms with Gasteiger partial charge in [0.2, 0.25) is 0 Å². The molecule has 1 aliphatic heterocycles. The molecule has 1 saturated heterocycles. The molecule has 1 N–H and O–H groups in total. The van der Waals surface area contributed by atoms with E-state index in [1.54, 1.807) is 0 Å². The van der Waals surface area contributed by atoms with Gasteiger partial charge in [-0.3, -0.25) is 0 Å². The van der Waals surface area contributed by atoms with Gasteiger partial charge < -0.3 is 10.2 Å². The lowest BCUT2D eigenvalue weighted by Crippen LogP contribution is -2.36. The number of rotatable bonds is 5. The van der Waals surface area contributed by atoms with Crippen LogP contribution in [0.5, 0.6) is 0 Å². The molecule has 1 atom stereocenters. The molecule has 1 aliphatic rings. The first kappa shape index (κ1) is 13.9. The molecule has 100 valence electrons. The SMILES string of the molecule is CCC1(CN(C)Cc2ccc(Cl)cc2)CCNC1. The Balaban J connectivity index is 1.91. The van der Waals surface area contributed by atoms with Gasteiger partial charge in [0.05, 0.1) is 0 Å². The van der Waals surface area contributed by atoms with Gasteiger partial charge in [-0.05, 0) is 49.5 Å². The van der Waals surface area contributed by atoms with Crippen molar-refractivity contribution in [3.63, 3.8) is 0 Å². The fraction of sp³-hybridized carbons (Fsp3) is 0.600. The molecule has 0 aromatic heterocycles. The second-order valence-corrected chi connectivity index (χ2v) is 6.02. The summed E-state index contributed by atoms with van der Waals surface area (Å²) in [6, 6.07) is 8.17. The van der Waals surface area contributed by atoms with Crippen molar-refractivity contribution in [3.05, 3.63) is 34.9 Å². The van der Waals surface area contributed by atoms with Gasteiger partial charge in [0.25, 0.3) is 0 Å². The lowest BCUT2D eigenvalue weighted by Gasteiger charge is -2.32. The van der Waals surface area contributed by atoms with Gasteiger partial charge >= 0.3 is 0 Å². The predicted octanol–water partition coefficient (Wildman–Crippen LogP) is 3.16. The molecule has 0 saturated carbocycles. The van der Waals surface area contributed by atoms with E-state index in [1.165, 1.54) is 31.5 Å². The normalized spacial score (nSPS) is 23.8. The van der Waals surface area contributed by atoms with Crippen molar-refractivity contribution in [2.24, 2.45) is 5.41 Å². The molecule has 18 heavy (non-hydrogen) atoms. The number of nitrogens with one attached hydrogen (secondary N) is 1. The number of halogens is 1. The molecule has 0 aliphatic carbocycles. The lowest BCUT2D eigenvalue weighted by molar-refractivity contribution is 0.179. The van der Waals surface area contributed by atoms with Crippen LogP contribution in [-0.4, -0.2) is 31.6 Å². The van der Waals surface area contributed by atoms with Gasteiger partial charge in [-0.2, -0.15) is 0 Å². The Labute approximate surface area is 115 Å². The zero-order chi connectivity index (χ0) is 13.0. The summed E-state index contributed by atoms with van der Waals surface area (Å²) in [6.45, 7) is 6.80. The number of hydrogen-bond donors (Lipinski definition) is 1. The van der Waals surface area contributed by atoms with Crippen LogP contribution in [0.1, 0.15) is 25.3 Å². The highest BCUT2D eigenvalue weighted by atomic mass is 35.5. The molecule has 1 heterocycles. The van der Waals surface area contributed by atoms with Gasteiger partial charge in [-0.15, -0.1) is 0 Å². The molecule has 3 heteroatoms. The first-order chi connectivity index (χ1) is 8.63. The predicted molar refractivity (Wildman–Crippen MR) is 78.0 cm³/mol. The maximum Gasteiger partial charge on any atom is 0.0406 e. The minimum absolute atomic E-state index is 0.473. The lowest BCUT2D eigenvalue weighted by atomic mass is 9.84. The Morgan fingerprint density at radius 1 is 1.33 bits per heavy atom. The Morgan fingerprint density at radius 3 is 2.61 bits per heavy atom. The number of nitrogens with zero attached hydrogens (tertiary/aromatic N) is 1. The summed E-state index contributed by atoms with van der Waals surface area (Å²) in [7, 11) is 2.21. The van der Waals surface area contributed by atoms with Crippen LogP contribution in [0, 0.1) is 5.41 Å². The molecule has 2 rings (SSSR count). The molecule has 0 spiro atoms. The highest BCUT2D eigenvalue weighted by Crippen LogP contribution is 2.30. The Hall–Kier alpha value is -0.570. The Bertz CT molecular complexity index is 369. The van der Waals surface area contributed by atoms with E-state index in [0.717, 1.165) is 18.1 Å². The highest BCUT2D eigenvalue weighted by molar-refractivity contribution is 6.30. The average Bonchev–Trinajstić information content (AvgIpc) is 2.81. The van der Waals surface area contributed by atoms with Crippen LogP contribution in [0.25, 0.3) is 0 Å². The summed E-state index contributed by atoms with van der Waals surface area (Å²) >= 11 is 5.91. The van der Waals surface area contributed by atoms with Crippen LogP contribution in [0.15, 0.2) is 24.3 Å². The molecular formula is C15H23ClN2. The minimum atomic E-state index is 0.473. The van der Waals surface area contributed by atoms with Crippen LogP contribution in [-0.2, 0) is 6.54 Å². The van der Waals surface area contributed by atoms with Crippen LogP contribution < -0.4 is 5.32 Å². The quantitative estimate of drug-likeness (QED) is 0.881. The Kier molecular flexibility index (Phi) is 4.66. The van der Waals surface area contributed by atoms with Crippen molar-refractivity contribution in [2.75, 3.05) is 26.7 Å². The van der Waals surface area contributed by atoms with Gasteiger partial charge in [-0.1, -0.05) is 30.7 Å². The van der Waals surface area contributed by atoms with Crippen molar-refractivity contribution < 1.29 is 0 Å². The summed E-state index contributed by atoms with van der Waals surface area (Å²) in [6.07, 6.45) is 2.55. The van der Waals surface area contributed by atoms with E-state index in [1.807, 2.05) is 12.1 Å². The molecule has 1 fully saturated rings. The third-order valence-corrected chi connectivity index (χ3v) is 4.31. The molecule has 1 aromatic rings. The first-order valence-corrected chi connectivity index (χ1v) is 7.15. The third-order valence-electron chi connectivity index (χ3n) is 4.05. The van der Waals surface area contributed by atoms with Gasteiger partial charge in [0, 0.05) is 24.7 Å². The second kappa shape index (κ2) is 6.05. The molecule has 0 bridgehead atoms. The van der Waals surface area contributed by atoms with Crippen molar-refractivity contribution in [1.29, 1.82) is 0 Å². The van der Waals surface area contributed by atoms with Crippen molar-refractivity contribution in [3.8, 4) is 0 Å². The van der Waals surface area contributed by atoms with E-state index in [-0.39, 0.29) is 0 Å². The van der Waals surface area contributed by atoms with Crippen LogP contribution in [0.3, 0.4) is 0 Å². The number of hydrogen-bond acceptors (Lipinski definition) is 2. The topological polar surface area (TPSA) is 15.3 Å². The molecule has 1 aromatic carbocycles. The molecule has 2 nitrogen and oxygen atoms in total. The smallest absolute Gasteiger partial charge is 0.0406 e.